The van der Waals surface area contributed by atoms with Crippen LogP contribution in [0.25, 0.3) is 0 Å². The van der Waals surface area contributed by atoms with Gasteiger partial charge in [0.25, 0.3) is 0 Å². The quantitative estimate of drug-likeness (QED) is 0.719. The molecular formula is C12H12N2O. The maximum atomic E-state index is 11.5. The van der Waals surface area contributed by atoms with E-state index in [0.717, 1.165) is 5.56 Å². The van der Waals surface area contributed by atoms with E-state index in [1.54, 1.807) is 4.90 Å². The molecule has 0 radical (unpaired) electrons. The second kappa shape index (κ2) is 4.05. The molecule has 1 aromatic rings. The lowest BCUT2D eigenvalue weighted by Gasteiger charge is -2.10. The Kier molecular flexibility index (Phi) is 2.59. The molecule has 0 saturated carbocycles. The predicted octanol–water partition coefficient (Wildman–Crippen LogP) is 1.39. The summed E-state index contributed by atoms with van der Waals surface area (Å²) in [5.74, 6) is 2.48. The average Bonchev–Trinajstić information content (AvgIpc) is 2.63. The number of terminal acetylenes is 1. The normalized spacial score (nSPS) is 19.8. The van der Waals surface area contributed by atoms with Gasteiger partial charge in [-0.25, -0.2) is 4.79 Å². The second-order valence-corrected chi connectivity index (χ2v) is 3.50. The van der Waals surface area contributed by atoms with E-state index in [2.05, 4.69) is 11.2 Å². The summed E-state index contributed by atoms with van der Waals surface area (Å²) in [5.41, 5.74) is 1.12. The van der Waals surface area contributed by atoms with Gasteiger partial charge in [-0.1, -0.05) is 36.3 Å². The highest BCUT2D eigenvalue weighted by atomic mass is 16.2. The molecule has 0 aromatic heterocycles. The third-order valence-corrected chi connectivity index (χ3v) is 2.47. The Balaban J connectivity index is 2.10. The summed E-state index contributed by atoms with van der Waals surface area (Å²) in [6, 6.07) is 9.87. The first kappa shape index (κ1) is 9.60. The highest BCUT2D eigenvalue weighted by Crippen LogP contribution is 2.19. The fraction of sp³-hybridized carbons (Fsp3) is 0.250. The van der Waals surface area contributed by atoms with Crippen LogP contribution in [0.1, 0.15) is 11.6 Å². The molecule has 2 amide bonds. The van der Waals surface area contributed by atoms with Crippen molar-refractivity contribution >= 4 is 6.03 Å². The van der Waals surface area contributed by atoms with Crippen LogP contribution in [-0.4, -0.2) is 24.0 Å². The van der Waals surface area contributed by atoms with Crippen LogP contribution in [0.5, 0.6) is 0 Å². The van der Waals surface area contributed by atoms with Crippen LogP contribution in [0.3, 0.4) is 0 Å². The van der Waals surface area contributed by atoms with Gasteiger partial charge in [0.15, 0.2) is 0 Å². The summed E-state index contributed by atoms with van der Waals surface area (Å²) in [6.07, 6.45) is 5.18. The lowest BCUT2D eigenvalue weighted by Crippen LogP contribution is -2.28. The van der Waals surface area contributed by atoms with Gasteiger partial charge in [0.05, 0.1) is 12.6 Å². The van der Waals surface area contributed by atoms with E-state index in [-0.39, 0.29) is 12.1 Å². The Hall–Kier alpha value is -1.95. The molecule has 1 aliphatic heterocycles. The van der Waals surface area contributed by atoms with Crippen LogP contribution in [0.4, 0.5) is 4.79 Å². The molecule has 1 aromatic carbocycles. The molecule has 3 nitrogen and oxygen atoms in total. The lowest BCUT2D eigenvalue weighted by atomic mass is 10.1. The van der Waals surface area contributed by atoms with Crippen molar-refractivity contribution in [3.8, 4) is 12.3 Å². The molecule has 1 atom stereocenters. The third kappa shape index (κ3) is 1.94. The number of hydrogen-bond donors (Lipinski definition) is 1. The van der Waals surface area contributed by atoms with Crippen LogP contribution in [-0.2, 0) is 0 Å². The van der Waals surface area contributed by atoms with Gasteiger partial charge in [-0.2, -0.15) is 0 Å². The van der Waals surface area contributed by atoms with E-state index in [1.807, 2.05) is 30.3 Å². The van der Waals surface area contributed by atoms with Crippen molar-refractivity contribution in [2.75, 3.05) is 13.1 Å². The number of urea groups is 1. The Morgan fingerprint density at radius 2 is 2.20 bits per heavy atom. The Bertz CT molecular complexity index is 394. The molecule has 1 saturated heterocycles. The van der Waals surface area contributed by atoms with Gasteiger partial charge in [-0.15, -0.1) is 6.42 Å². The lowest BCUT2D eigenvalue weighted by molar-refractivity contribution is 0.222. The highest BCUT2D eigenvalue weighted by molar-refractivity contribution is 5.77. The number of carbonyl (C=O) groups is 1. The number of rotatable bonds is 2. The number of nitrogens with zero attached hydrogens (tertiary/aromatic N) is 1. The molecule has 1 heterocycles. The van der Waals surface area contributed by atoms with Crippen molar-refractivity contribution in [1.29, 1.82) is 0 Å². The van der Waals surface area contributed by atoms with Gasteiger partial charge in [0.1, 0.15) is 0 Å². The first-order valence-corrected chi connectivity index (χ1v) is 4.85. The molecule has 1 aliphatic rings. The van der Waals surface area contributed by atoms with Gasteiger partial charge >= 0.3 is 6.03 Å². The van der Waals surface area contributed by atoms with Gasteiger partial charge in [0, 0.05) is 6.54 Å². The molecule has 76 valence electrons. The molecule has 2 rings (SSSR count). The summed E-state index contributed by atoms with van der Waals surface area (Å²) in [5, 5.41) is 2.90. The monoisotopic (exact) mass is 200 g/mol. The van der Waals surface area contributed by atoms with E-state index < -0.39 is 0 Å². The Labute approximate surface area is 89.1 Å². The van der Waals surface area contributed by atoms with Crippen molar-refractivity contribution in [2.24, 2.45) is 0 Å². The fourth-order valence-electron chi connectivity index (χ4n) is 1.71. The summed E-state index contributed by atoms with van der Waals surface area (Å²) in [6.45, 7) is 1.02. The van der Waals surface area contributed by atoms with Gasteiger partial charge in [-0.05, 0) is 5.56 Å². The van der Waals surface area contributed by atoms with Crippen molar-refractivity contribution in [3.63, 3.8) is 0 Å². The average molecular weight is 200 g/mol. The Morgan fingerprint density at radius 1 is 1.47 bits per heavy atom. The summed E-state index contributed by atoms with van der Waals surface area (Å²) in [7, 11) is 0. The standard InChI is InChI=1S/C12H12N2O/c1-2-8-14-9-11(13-12(14)15)10-6-4-3-5-7-10/h1,3-7,11H,8-9H2,(H,13,15)/t11-/m0/s1. The molecule has 0 bridgehead atoms. The number of carbonyl (C=O) groups excluding carboxylic acids is 1. The van der Waals surface area contributed by atoms with Gasteiger partial charge < -0.3 is 10.2 Å². The second-order valence-electron chi connectivity index (χ2n) is 3.50. The van der Waals surface area contributed by atoms with Crippen molar-refractivity contribution in [2.45, 2.75) is 6.04 Å². The zero-order valence-electron chi connectivity index (χ0n) is 8.31. The fourth-order valence-corrected chi connectivity index (χ4v) is 1.71. The van der Waals surface area contributed by atoms with Gasteiger partial charge in [0.2, 0.25) is 0 Å². The minimum Gasteiger partial charge on any atom is -0.329 e. The maximum Gasteiger partial charge on any atom is 0.318 e. The molecule has 3 heteroatoms. The van der Waals surface area contributed by atoms with E-state index in [4.69, 9.17) is 6.42 Å². The number of amides is 2. The summed E-state index contributed by atoms with van der Waals surface area (Å²) < 4.78 is 0. The molecular weight excluding hydrogens is 188 g/mol. The maximum absolute atomic E-state index is 11.5. The third-order valence-electron chi connectivity index (χ3n) is 2.47. The highest BCUT2D eigenvalue weighted by Gasteiger charge is 2.28. The largest absolute Gasteiger partial charge is 0.329 e. The van der Waals surface area contributed by atoms with E-state index in [1.165, 1.54) is 0 Å². The van der Waals surface area contributed by atoms with E-state index in [0.29, 0.717) is 13.1 Å². The Morgan fingerprint density at radius 3 is 2.87 bits per heavy atom. The minimum atomic E-state index is -0.0817. The number of hydrogen-bond acceptors (Lipinski definition) is 1. The van der Waals surface area contributed by atoms with Crippen molar-refractivity contribution in [1.82, 2.24) is 10.2 Å². The van der Waals surface area contributed by atoms with Crippen molar-refractivity contribution < 1.29 is 4.79 Å². The molecule has 0 aliphatic carbocycles. The number of nitrogens with one attached hydrogen (secondary N) is 1. The van der Waals surface area contributed by atoms with Crippen LogP contribution in [0, 0.1) is 12.3 Å². The summed E-state index contributed by atoms with van der Waals surface area (Å²) >= 11 is 0. The topological polar surface area (TPSA) is 32.3 Å². The van der Waals surface area contributed by atoms with Crippen LogP contribution >= 0.6 is 0 Å². The molecule has 0 spiro atoms. The van der Waals surface area contributed by atoms with E-state index in [9.17, 15) is 4.79 Å². The zero-order valence-corrected chi connectivity index (χ0v) is 8.31. The molecule has 15 heavy (non-hydrogen) atoms. The van der Waals surface area contributed by atoms with Crippen LogP contribution < -0.4 is 5.32 Å². The van der Waals surface area contributed by atoms with E-state index >= 15 is 0 Å². The molecule has 0 unspecified atom stereocenters. The molecule has 1 N–H and O–H groups in total. The van der Waals surface area contributed by atoms with Crippen LogP contribution in [0.2, 0.25) is 0 Å². The van der Waals surface area contributed by atoms with Gasteiger partial charge in [-0.3, -0.25) is 0 Å². The predicted molar refractivity (Wildman–Crippen MR) is 58.1 cm³/mol. The first-order valence-electron chi connectivity index (χ1n) is 4.85. The van der Waals surface area contributed by atoms with Crippen molar-refractivity contribution in [3.05, 3.63) is 35.9 Å². The number of benzene rings is 1. The first-order chi connectivity index (χ1) is 7.31. The smallest absolute Gasteiger partial charge is 0.318 e. The SMILES string of the molecule is C#CCN1C[C@@H](c2ccccc2)NC1=O. The minimum absolute atomic E-state index is 0.0621. The summed E-state index contributed by atoms with van der Waals surface area (Å²) in [4.78, 5) is 13.1. The van der Waals surface area contributed by atoms with Crippen LogP contribution in [0.15, 0.2) is 30.3 Å². The molecule has 1 fully saturated rings. The zero-order chi connectivity index (χ0) is 10.7.